The Labute approximate surface area is 231 Å². The smallest absolute Gasteiger partial charge is 0.201 e. The summed E-state index contributed by atoms with van der Waals surface area (Å²) in [5.41, 5.74) is 4.13. The highest BCUT2D eigenvalue weighted by Gasteiger charge is 2.29. The van der Waals surface area contributed by atoms with Crippen molar-refractivity contribution in [3.05, 3.63) is 83.7 Å². The lowest BCUT2D eigenvalue weighted by Crippen LogP contribution is -2.23. The van der Waals surface area contributed by atoms with Crippen LogP contribution in [0.2, 0.25) is 0 Å². The van der Waals surface area contributed by atoms with Crippen molar-refractivity contribution in [2.45, 2.75) is 71.6 Å². The Hall–Kier alpha value is -3.01. The lowest BCUT2D eigenvalue weighted by atomic mass is 9.70. The van der Waals surface area contributed by atoms with Gasteiger partial charge in [-0.15, -0.1) is 0 Å². The zero-order valence-electron chi connectivity index (χ0n) is 23.1. The van der Waals surface area contributed by atoms with Crippen molar-refractivity contribution >= 4 is 5.57 Å². The summed E-state index contributed by atoms with van der Waals surface area (Å²) in [6.45, 7) is 4.27. The summed E-state index contributed by atoms with van der Waals surface area (Å²) in [5, 5.41) is 0. The van der Waals surface area contributed by atoms with Gasteiger partial charge in [0.2, 0.25) is 5.82 Å². The Bertz CT molecular complexity index is 1300. The van der Waals surface area contributed by atoms with Crippen LogP contribution in [-0.4, -0.2) is 6.61 Å². The van der Waals surface area contributed by atoms with Gasteiger partial charge in [0.25, 0.3) is 0 Å². The summed E-state index contributed by atoms with van der Waals surface area (Å²) >= 11 is 0. The molecule has 2 aliphatic rings. The molecule has 0 amide bonds. The Morgan fingerprint density at radius 1 is 0.718 bits per heavy atom. The number of allylic oxidation sites excluding steroid dienone is 2. The monoisotopic (exact) mass is 532 g/mol. The molecule has 206 valence electrons. The summed E-state index contributed by atoms with van der Waals surface area (Å²) < 4.78 is 49.4. The Balaban J connectivity index is 1.25. The molecule has 0 radical (unpaired) electrons. The maximum atomic E-state index is 15.3. The molecule has 1 unspecified atom stereocenters. The van der Waals surface area contributed by atoms with E-state index in [1.165, 1.54) is 50.7 Å². The topological polar surface area (TPSA) is 9.23 Å². The van der Waals surface area contributed by atoms with Crippen molar-refractivity contribution < 1.29 is 17.9 Å². The van der Waals surface area contributed by atoms with E-state index in [-0.39, 0.29) is 23.7 Å². The van der Waals surface area contributed by atoms with Crippen molar-refractivity contribution in [3.8, 4) is 28.0 Å². The van der Waals surface area contributed by atoms with Crippen LogP contribution in [0.5, 0.6) is 5.75 Å². The van der Waals surface area contributed by atoms with Gasteiger partial charge in [0.05, 0.1) is 6.61 Å². The number of benzene rings is 3. The molecule has 5 rings (SSSR count). The van der Waals surface area contributed by atoms with Crippen LogP contribution in [0.3, 0.4) is 0 Å². The highest BCUT2D eigenvalue weighted by Crippen LogP contribution is 2.42. The third kappa shape index (κ3) is 6.10. The fraction of sp³-hybridized carbons (Fsp3) is 0.429. The largest absolute Gasteiger partial charge is 0.491 e. The first-order valence-electron chi connectivity index (χ1n) is 14.7. The van der Waals surface area contributed by atoms with E-state index in [1.807, 2.05) is 24.3 Å². The highest BCUT2D eigenvalue weighted by atomic mass is 19.2. The SMILES string of the molecule is CCCC1CCC(C2CC=C(c3ccc(-c4ccc(-c5ccc(OCC)c(F)c5F)cc4)cc3F)CC2)CC1. The van der Waals surface area contributed by atoms with Gasteiger partial charge in [-0.25, -0.2) is 8.78 Å². The Morgan fingerprint density at radius 3 is 2.05 bits per heavy atom. The zero-order valence-corrected chi connectivity index (χ0v) is 23.1. The second-order valence-electron chi connectivity index (χ2n) is 11.3. The van der Waals surface area contributed by atoms with E-state index in [4.69, 9.17) is 4.74 Å². The molecule has 39 heavy (non-hydrogen) atoms. The van der Waals surface area contributed by atoms with Gasteiger partial charge in [-0.3, -0.25) is 0 Å². The molecular weight excluding hydrogens is 493 g/mol. The normalized spacial score (nSPS) is 21.5. The van der Waals surface area contributed by atoms with E-state index in [1.54, 1.807) is 25.1 Å². The van der Waals surface area contributed by atoms with Crippen molar-refractivity contribution in [3.63, 3.8) is 0 Å². The number of hydrogen-bond donors (Lipinski definition) is 0. The summed E-state index contributed by atoms with van der Waals surface area (Å²) in [5.74, 6) is 0.283. The fourth-order valence-electron chi connectivity index (χ4n) is 6.70. The van der Waals surface area contributed by atoms with Crippen molar-refractivity contribution in [2.75, 3.05) is 6.61 Å². The van der Waals surface area contributed by atoms with Gasteiger partial charge in [-0.1, -0.05) is 75.1 Å². The van der Waals surface area contributed by atoms with E-state index in [0.29, 0.717) is 11.1 Å². The average molecular weight is 533 g/mol. The molecule has 1 atom stereocenters. The molecule has 0 aliphatic heterocycles. The van der Waals surface area contributed by atoms with Crippen LogP contribution in [0.25, 0.3) is 27.8 Å². The second kappa shape index (κ2) is 12.4. The molecule has 1 saturated carbocycles. The maximum absolute atomic E-state index is 15.3. The van der Waals surface area contributed by atoms with Gasteiger partial charge in [-0.05, 0) is 97.2 Å². The zero-order chi connectivity index (χ0) is 27.4. The van der Waals surface area contributed by atoms with Crippen molar-refractivity contribution in [2.24, 2.45) is 17.8 Å². The molecule has 1 fully saturated rings. The van der Waals surface area contributed by atoms with Crippen molar-refractivity contribution in [1.29, 1.82) is 0 Å². The first kappa shape index (κ1) is 27.6. The molecule has 0 N–H and O–H groups in total. The van der Waals surface area contributed by atoms with Gasteiger partial charge in [-0.2, -0.15) is 4.39 Å². The molecule has 3 aromatic carbocycles. The van der Waals surface area contributed by atoms with E-state index in [2.05, 4.69) is 13.0 Å². The minimum absolute atomic E-state index is 0.0935. The molecule has 1 nitrogen and oxygen atoms in total. The fourth-order valence-corrected chi connectivity index (χ4v) is 6.70. The summed E-state index contributed by atoms with van der Waals surface area (Å²) in [7, 11) is 0. The predicted octanol–water partition coefficient (Wildman–Crippen LogP) is 10.6. The molecule has 0 bridgehead atoms. The van der Waals surface area contributed by atoms with Crippen molar-refractivity contribution in [1.82, 2.24) is 0 Å². The first-order valence-corrected chi connectivity index (χ1v) is 14.7. The van der Waals surface area contributed by atoms with Gasteiger partial charge in [0.15, 0.2) is 11.6 Å². The summed E-state index contributed by atoms with van der Waals surface area (Å²) in [6, 6.07) is 15.5. The number of rotatable bonds is 8. The van der Waals surface area contributed by atoms with Gasteiger partial charge in [0.1, 0.15) is 5.82 Å². The van der Waals surface area contributed by atoms with Crippen LogP contribution in [-0.2, 0) is 0 Å². The first-order chi connectivity index (χ1) is 19.0. The van der Waals surface area contributed by atoms with Crippen LogP contribution >= 0.6 is 0 Å². The van der Waals surface area contributed by atoms with E-state index in [9.17, 15) is 8.78 Å². The minimum Gasteiger partial charge on any atom is -0.491 e. The average Bonchev–Trinajstić information content (AvgIpc) is 2.97. The van der Waals surface area contributed by atoms with E-state index >= 15 is 4.39 Å². The third-order valence-corrected chi connectivity index (χ3v) is 8.90. The predicted molar refractivity (Wildman–Crippen MR) is 154 cm³/mol. The molecule has 4 heteroatoms. The standard InChI is InChI=1S/C35H39F3O/c1-3-5-23-6-8-24(9-7-23)25-10-14-27(15-11-25)30-19-18-29(22-32(30)36)26-12-16-28(17-13-26)31-20-21-33(39-4-2)35(38)34(31)37/h12-14,16-25H,3-11,15H2,1-2H3. The van der Waals surface area contributed by atoms with Gasteiger partial charge >= 0.3 is 0 Å². The Kier molecular flexibility index (Phi) is 8.79. The van der Waals surface area contributed by atoms with Crippen LogP contribution in [0.1, 0.15) is 77.2 Å². The molecule has 0 saturated heterocycles. The number of halogens is 3. The third-order valence-electron chi connectivity index (χ3n) is 8.90. The van der Waals surface area contributed by atoms with Crippen LogP contribution in [0.15, 0.2) is 60.7 Å². The van der Waals surface area contributed by atoms with E-state index in [0.717, 1.165) is 53.7 Å². The Morgan fingerprint density at radius 2 is 1.41 bits per heavy atom. The summed E-state index contributed by atoms with van der Waals surface area (Å²) in [6.07, 6.45) is 13.6. The highest BCUT2D eigenvalue weighted by molar-refractivity contribution is 5.74. The van der Waals surface area contributed by atoms with Crippen LogP contribution < -0.4 is 4.74 Å². The molecular formula is C35H39F3O. The minimum atomic E-state index is -0.987. The molecule has 0 spiro atoms. The molecule has 2 aliphatic carbocycles. The molecule has 0 aromatic heterocycles. The lowest BCUT2D eigenvalue weighted by molar-refractivity contribution is 0.189. The molecule has 0 heterocycles. The van der Waals surface area contributed by atoms with Crippen LogP contribution in [0, 0.1) is 35.2 Å². The van der Waals surface area contributed by atoms with E-state index < -0.39 is 11.6 Å². The number of hydrogen-bond acceptors (Lipinski definition) is 1. The summed E-state index contributed by atoms with van der Waals surface area (Å²) in [4.78, 5) is 0. The second-order valence-corrected chi connectivity index (χ2v) is 11.3. The lowest BCUT2D eigenvalue weighted by Gasteiger charge is -2.35. The van der Waals surface area contributed by atoms with Gasteiger partial charge in [0, 0.05) is 11.1 Å². The van der Waals surface area contributed by atoms with Gasteiger partial charge < -0.3 is 4.74 Å². The number of ether oxygens (including phenoxy) is 1. The van der Waals surface area contributed by atoms with Crippen LogP contribution in [0.4, 0.5) is 13.2 Å². The molecule has 3 aromatic rings. The quantitative estimate of drug-likeness (QED) is 0.280. The maximum Gasteiger partial charge on any atom is 0.201 e.